The zero-order valence-electron chi connectivity index (χ0n) is 12.9. The van der Waals surface area contributed by atoms with Gasteiger partial charge in [0.05, 0.1) is 11.4 Å². The second-order valence-electron chi connectivity index (χ2n) is 5.95. The maximum absolute atomic E-state index is 11.2. The van der Waals surface area contributed by atoms with Gasteiger partial charge in [-0.05, 0) is 12.1 Å². The summed E-state index contributed by atoms with van der Waals surface area (Å²) in [5.41, 5.74) is 2.06. The Labute approximate surface area is 131 Å². The van der Waals surface area contributed by atoms with Gasteiger partial charge in [0.25, 0.3) is 0 Å². The number of sulfone groups is 1. The lowest BCUT2D eigenvalue weighted by atomic mass is 10.3. The minimum absolute atomic E-state index is 0.249. The summed E-state index contributed by atoms with van der Waals surface area (Å²) >= 11 is 0. The molecule has 0 spiro atoms. The third-order valence-electron chi connectivity index (χ3n) is 4.04. The molecule has 1 saturated heterocycles. The second kappa shape index (κ2) is 6.36. The SMILES string of the molecule is CS(=O)(=O)CCN1CCN(Cc2cn3ccccc3n2)CC1. The maximum Gasteiger partial charge on any atom is 0.148 e. The molecule has 3 rings (SSSR count). The predicted octanol–water partition coefficient (Wildman–Crippen LogP) is 0.496. The summed E-state index contributed by atoms with van der Waals surface area (Å²) in [7, 11) is -2.87. The first-order valence-electron chi connectivity index (χ1n) is 7.55. The van der Waals surface area contributed by atoms with Gasteiger partial charge in [0.1, 0.15) is 15.5 Å². The smallest absolute Gasteiger partial charge is 0.148 e. The molecule has 22 heavy (non-hydrogen) atoms. The molecule has 1 aliphatic heterocycles. The summed E-state index contributed by atoms with van der Waals surface area (Å²) < 4.78 is 24.5. The molecule has 7 heteroatoms. The van der Waals surface area contributed by atoms with E-state index in [1.54, 1.807) is 0 Å². The van der Waals surface area contributed by atoms with E-state index in [1.807, 2.05) is 28.8 Å². The number of pyridine rings is 1. The first-order chi connectivity index (χ1) is 10.5. The molecule has 0 radical (unpaired) electrons. The summed E-state index contributed by atoms with van der Waals surface area (Å²) in [5.74, 6) is 0.249. The normalized spacial score (nSPS) is 18.0. The zero-order chi connectivity index (χ0) is 15.6. The average Bonchev–Trinajstić information content (AvgIpc) is 2.88. The number of hydrogen-bond acceptors (Lipinski definition) is 5. The van der Waals surface area contributed by atoms with Crippen LogP contribution in [0.1, 0.15) is 5.69 Å². The largest absolute Gasteiger partial charge is 0.307 e. The van der Waals surface area contributed by atoms with Crippen molar-refractivity contribution in [3.63, 3.8) is 0 Å². The lowest BCUT2D eigenvalue weighted by molar-refractivity contribution is 0.131. The van der Waals surface area contributed by atoms with Crippen LogP contribution >= 0.6 is 0 Å². The molecule has 0 unspecified atom stereocenters. The van der Waals surface area contributed by atoms with Gasteiger partial charge >= 0.3 is 0 Å². The zero-order valence-corrected chi connectivity index (χ0v) is 13.7. The van der Waals surface area contributed by atoms with Crippen molar-refractivity contribution in [2.24, 2.45) is 0 Å². The first-order valence-corrected chi connectivity index (χ1v) is 9.61. The van der Waals surface area contributed by atoms with Crippen LogP contribution in [-0.4, -0.2) is 72.3 Å². The summed E-state index contributed by atoms with van der Waals surface area (Å²) in [6.45, 7) is 5.24. The van der Waals surface area contributed by atoms with Gasteiger partial charge in [-0.15, -0.1) is 0 Å². The fraction of sp³-hybridized carbons (Fsp3) is 0.533. The highest BCUT2D eigenvalue weighted by atomic mass is 32.2. The van der Waals surface area contributed by atoms with Gasteiger partial charge in [0, 0.05) is 57.9 Å². The number of piperazine rings is 1. The van der Waals surface area contributed by atoms with Crippen LogP contribution in [-0.2, 0) is 16.4 Å². The molecule has 6 nitrogen and oxygen atoms in total. The van der Waals surface area contributed by atoms with E-state index in [4.69, 9.17) is 0 Å². The molecule has 0 amide bonds. The van der Waals surface area contributed by atoms with Crippen molar-refractivity contribution in [1.82, 2.24) is 19.2 Å². The van der Waals surface area contributed by atoms with Crippen LogP contribution in [0.5, 0.6) is 0 Å². The van der Waals surface area contributed by atoms with Gasteiger partial charge in [-0.3, -0.25) is 9.80 Å². The Bertz CT molecular complexity index is 700. The molecule has 0 aromatic carbocycles. The van der Waals surface area contributed by atoms with E-state index < -0.39 is 9.84 Å². The Balaban J connectivity index is 1.51. The van der Waals surface area contributed by atoms with Crippen LogP contribution in [0.15, 0.2) is 30.6 Å². The quantitative estimate of drug-likeness (QED) is 0.802. The maximum atomic E-state index is 11.2. The van der Waals surface area contributed by atoms with E-state index >= 15 is 0 Å². The number of imidazole rings is 1. The fourth-order valence-electron chi connectivity index (χ4n) is 2.76. The molecule has 1 aliphatic rings. The standard InChI is InChI=1S/C15H22N4O2S/c1-22(20,21)11-10-17-6-8-18(9-7-17)12-14-13-19-5-3-2-4-15(19)16-14/h2-5,13H,6-12H2,1H3. The van der Waals surface area contributed by atoms with Crippen LogP contribution in [0.4, 0.5) is 0 Å². The van der Waals surface area contributed by atoms with Gasteiger partial charge in [-0.1, -0.05) is 6.07 Å². The van der Waals surface area contributed by atoms with E-state index in [1.165, 1.54) is 6.26 Å². The number of rotatable bonds is 5. The lowest BCUT2D eigenvalue weighted by Gasteiger charge is -2.34. The van der Waals surface area contributed by atoms with Gasteiger partial charge in [-0.2, -0.15) is 0 Å². The molecule has 0 atom stereocenters. The van der Waals surface area contributed by atoms with Crippen molar-refractivity contribution in [2.45, 2.75) is 6.54 Å². The molecule has 0 N–H and O–H groups in total. The predicted molar refractivity (Wildman–Crippen MR) is 86.6 cm³/mol. The highest BCUT2D eigenvalue weighted by Gasteiger charge is 2.18. The lowest BCUT2D eigenvalue weighted by Crippen LogP contribution is -2.47. The van der Waals surface area contributed by atoms with E-state index in [0.717, 1.165) is 44.1 Å². The van der Waals surface area contributed by atoms with Crippen molar-refractivity contribution in [3.05, 3.63) is 36.3 Å². The number of fused-ring (bicyclic) bond motifs is 1. The molecular weight excluding hydrogens is 300 g/mol. The molecule has 1 fully saturated rings. The molecule has 3 heterocycles. The monoisotopic (exact) mass is 322 g/mol. The second-order valence-corrected chi connectivity index (χ2v) is 8.21. The molecule has 0 bridgehead atoms. The minimum atomic E-state index is -2.87. The Morgan fingerprint density at radius 3 is 2.55 bits per heavy atom. The number of nitrogens with zero attached hydrogens (tertiary/aromatic N) is 4. The van der Waals surface area contributed by atoms with Gasteiger partial charge in [-0.25, -0.2) is 13.4 Å². The molecule has 0 saturated carbocycles. The molecule has 2 aromatic heterocycles. The average molecular weight is 322 g/mol. The summed E-state index contributed by atoms with van der Waals surface area (Å²) in [6, 6.07) is 6.00. The van der Waals surface area contributed by atoms with Gasteiger partial charge < -0.3 is 4.40 Å². The van der Waals surface area contributed by atoms with Crippen molar-refractivity contribution in [3.8, 4) is 0 Å². The third kappa shape index (κ3) is 4.06. The summed E-state index contributed by atoms with van der Waals surface area (Å²) in [6.07, 6.45) is 5.38. The summed E-state index contributed by atoms with van der Waals surface area (Å²) in [5, 5.41) is 0. The van der Waals surface area contributed by atoms with Crippen molar-refractivity contribution >= 4 is 15.5 Å². The third-order valence-corrected chi connectivity index (χ3v) is 4.97. The van der Waals surface area contributed by atoms with E-state index in [0.29, 0.717) is 6.54 Å². The fourth-order valence-corrected chi connectivity index (χ4v) is 3.35. The van der Waals surface area contributed by atoms with Gasteiger partial charge in [0.2, 0.25) is 0 Å². The molecule has 0 aliphatic carbocycles. The van der Waals surface area contributed by atoms with E-state index in [-0.39, 0.29) is 5.75 Å². The van der Waals surface area contributed by atoms with E-state index in [9.17, 15) is 8.42 Å². The topological polar surface area (TPSA) is 57.9 Å². The van der Waals surface area contributed by atoms with Crippen LogP contribution in [0.2, 0.25) is 0 Å². The van der Waals surface area contributed by atoms with Crippen molar-refractivity contribution < 1.29 is 8.42 Å². The highest BCUT2D eigenvalue weighted by Crippen LogP contribution is 2.10. The molecular formula is C15H22N4O2S. The van der Waals surface area contributed by atoms with Crippen molar-refractivity contribution in [1.29, 1.82) is 0 Å². The molecule has 2 aromatic rings. The summed E-state index contributed by atoms with van der Waals surface area (Å²) in [4.78, 5) is 9.22. The Morgan fingerprint density at radius 2 is 1.86 bits per heavy atom. The van der Waals surface area contributed by atoms with Crippen LogP contribution in [0.25, 0.3) is 5.65 Å². The Hall–Kier alpha value is -1.44. The first kappa shape index (κ1) is 15.5. The van der Waals surface area contributed by atoms with Gasteiger partial charge in [0.15, 0.2) is 0 Å². The Morgan fingerprint density at radius 1 is 1.14 bits per heavy atom. The Kier molecular flexibility index (Phi) is 4.46. The van der Waals surface area contributed by atoms with Crippen LogP contribution in [0, 0.1) is 0 Å². The molecule has 120 valence electrons. The number of hydrogen-bond donors (Lipinski definition) is 0. The minimum Gasteiger partial charge on any atom is -0.307 e. The van der Waals surface area contributed by atoms with Crippen LogP contribution < -0.4 is 0 Å². The van der Waals surface area contributed by atoms with Crippen LogP contribution in [0.3, 0.4) is 0 Å². The van der Waals surface area contributed by atoms with E-state index in [2.05, 4.69) is 21.0 Å². The van der Waals surface area contributed by atoms with Crippen molar-refractivity contribution in [2.75, 3.05) is 44.7 Å². The highest BCUT2D eigenvalue weighted by molar-refractivity contribution is 7.90. The number of aromatic nitrogens is 2.